The Balaban J connectivity index is 2.20. The zero-order chi connectivity index (χ0) is 16.6. The van der Waals surface area contributed by atoms with E-state index in [1.807, 2.05) is 24.3 Å². The Morgan fingerprint density at radius 3 is 2.17 bits per heavy atom. The summed E-state index contributed by atoms with van der Waals surface area (Å²) in [4.78, 5) is 11.7. The SMILES string of the molecule is CC(=O)c1cc(-c2ccc(C(F)(F)F)cc2)c2ccccc2c1. The number of benzene rings is 3. The van der Waals surface area contributed by atoms with Crippen LogP contribution in [-0.2, 0) is 6.18 Å². The number of Topliss-reactive ketones (excluding diaryl/α,β-unsaturated/α-hetero) is 1. The molecule has 0 fully saturated rings. The molecule has 0 spiro atoms. The van der Waals surface area contributed by atoms with Gasteiger partial charge in [-0.3, -0.25) is 4.79 Å². The van der Waals surface area contributed by atoms with Gasteiger partial charge < -0.3 is 0 Å². The number of fused-ring (bicyclic) bond motifs is 1. The number of alkyl halides is 3. The molecule has 0 N–H and O–H groups in total. The summed E-state index contributed by atoms with van der Waals surface area (Å²) < 4.78 is 38.1. The van der Waals surface area contributed by atoms with Crippen LogP contribution in [0.15, 0.2) is 60.7 Å². The summed E-state index contributed by atoms with van der Waals surface area (Å²) in [6.45, 7) is 1.47. The van der Waals surface area contributed by atoms with Crippen molar-refractivity contribution in [1.82, 2.24) is 0 Å². The zero-order valence-electron chi connectivity index (χ0n) is 12.3. The van der Waals surface area contributed by atoms with Gasteiger partial charge in [0, 0.05) is 5.56 Å². The lowest BCUT2D eigenvalue weighted by molar-refractivity contribution is -0.137. The molecule has 0 aliphatic heterocycles. The second-order valence-corrected chi connectivity index (χ2v) is 5.38. The predicted octanol–water partition coefficient (Wildman–Crippen LogP) is 5.73. The molecule has 0 bridgehead atoms. The van der Waals surface area contributed by atoms with Gasteiger partial charge in [0.25, 0.3) is 0 Å². The second kappa shape index (κ2) is 5.54. The number of carbonyl (C=O) groups is 1. The molecule has 0 heterocycles. The summed E-state index contributed by atoms with van der Waals surface area (Å²) in [6, 6.07) is 16.0. The van der Waals surface area contributed by atoms with Gasteiger partial charge in [0.05, 0.1) is 5.56 Å². The molecule has 0 saturated carbocycles. The first kappa shape index (κ1) is 15.3. The minimum atomic E-state index is -4.36. The summed E-state index contributed by atoms with van der Waals surface area (Å²) in [6.07, 6.45) is -4.36. The highest BCUT2D eigenvalue weighted by Gasteiger charge is 2.30. The molecular formula is C19H13F3O. The normalized spacial score (nSPS) is 11.7. The largest absolute Gasteiger partial charge is 0.416 e. The highest BCUT2D eigenvalue weighted by molar-refractivity contribution is 6.04. The highest BCUT2D eigenvalue weighted by atomic mass is 19.4. The molecule has 0 radical (unpaired) electrons. The molecule has 0 unspecified atom stereocenters. The maximum absolute atomic E-state index is 12.7. The number of rotatable bonds is 2. The number of hydrogen-bond donors (Lipinski definition) is 0. The fourth-order valence-corrected chi connectivity index (χ4v) is 2.59. The van der Waals surface area contributed by atoms with Crippen LogP contribution in [0.2, 0.25) is 0 Å². The minimum absolute atomic E-state index is 0.0797. The van der Waals surface area contributed by atoms with Gasteiger partial charge >= 0.3 is 6.18 Å². The summed E-state index contributed by atoms with van der Waals surface area (Å²) in [7, 11) is 0. The first-order chi connectivity index (χ1) is 10.9. The van der Waals surface area contributed by atoms with Crippen molar-refractivity contribution < 1.29 is 18.0 Å². The van der Waals surface area contributed by atoms with Crippen molar-refractivity contribution in [1.29, 1.82) is 0 Å². The number of carbonyl (C=O) groups excluding carboxylic acids is 1. The lowest BCUT2D eigenvalue weighted by atomic mass is 9.94. The van der Waals surface area contributed by atoms with Crippen LogP contribution in [0.3, 0.4) is 0 Å². The van der Waals surface area contributed by atoms with Crippen molar-refractivity contribution in [3.8, 4) is 11.1 Å². The van der Waals surface area contributed by atoms with E-state index in [2.05, 4.69) is 0 Å². The van der Waals surface area contributed by atoms with Crippen LogP contribution in [0.25, 0.3) is 21.9 Å². The van der Waals surface area contributed by atoms with Gasteiger partial charge in [0.1, 0.15) is 0 Å². The van der Waals surface area contributed by atoms with E-state index in [1.54, 1.807) is 12.1 Å². The summed E-state index contributed by atoms with van der Waals surface area (Å²) in [5.74, 6) is -0.0797. The average molecular weight is 314 g/mol. The van der Waals surface area contributed by atoms with Gasteiger partial charge in [-0.25, -0.2) is 0 Å². The molecule has 4 heteroatoms. The van der Waals surface area contributed by atoms with E-state index in [1.165, 1.54) is 19.1 Å². The fraction of sp³-hybridized carbons (Fsp3) is 0.105. The third-order valence-electron chi connectivity index (χ3n) is 3.79. The van der Waals surface area contributed by atoms with Crippen molar-refractivity contribution in [3.05, 3.63) is 71.8 Å². The Morgan fingerprint density at radius 1 is 0.913 bits per heavy atom. The van der Waals surface area contributed by atoms with Crippen LogP contribution in [-0.4, -0.2) is 5.78 Å². The van der Waals surface area contributed by atoms with Gasteiger partial charge in [-0.15, -0.1) is 0 Å². The van der Waals surface area contributed by atoms with Crippen LogP contribution in [0, 0.1) is 0 Å². The van der Waals surface area contributed by atoms with E-state index in [4.69, 9.17) is 0 Å². The number of halogens is 3. The molecule has 3 aromatic rings. The van der Waals surface area contributed by atoms with E-state index in [9.17, 15) is 18.0 Å². The van der Waals surface area contributed by atoms with Gasteiger partial charge in [-0.05, 0) is 53.1 Å². The standard InChI is InChI=1S/C19H13F3O/c1-12(23)15-10-14-4-2-3-5-17(14)18(11-15)13-6-8-16(9-7-13)19(20,21)22/h2-11H,1H3. The van der Waals surface area contributed by atoms with E-state index in [0.717, 1.165) is 28.5 Å². The molecule has 0 aliphatic carbocycles. The lowest BCUT2D eigenvalue weighted by Crippen LogP contribution is -2.04. The van der Waals surface area contributed by atoms with Crippen molar-refractivity contribution >= 4 is 16.6 Å². The lowest BCUT2D eigenvalue weighted by Gasteiger charge is -2.11. The number of hydrogen-bond acceptors (Lipinski definition) is 1. The second-order valence-electron chi connectivity index (χ2n) is 5.38. The van der Waals surface area contributed by atoms with Crippen LogP contribution >= 0.6 is 0 Å². The summed E-state index contributed by atoms with van der Waals surface area (Å²) in [5, 5.41) is 1.78. The van der Waals surface area contributed by atoms with Gasteiger partial charge in [0.15, 0.2) is 5.78 Å². The Bertz CT molecular complexity index is 877. The third-order valence-corrected chi connectivity index (χ3v) is 3.79. The molecule has 3 rings (SSSR count). The first-order valence-electron chi connectivity index (χ1n) is 7.07. The molecule has 0 aromatic heterocycles. The quantitative estimate of drug-likeness (QED) is 0.552. The number of ketones is 1. The Hall–Kier alpha value is -2.62. The fourth-order valence-electron chi connectivity index (χ4n) is 2.59. The maximum atomic E-state index is 12.7. The Kier molecular flexibility index (Phi) is 3.68. The molecule has 0 saturated heterocycles. The van der Waals surface area contributed by atoms with Crippen LogP contribution < -0.4 is 0 Å². The van der Waals surface area contributed by atoms with Crippen molar-refractivity contribution in [3.63, 3.8) is 0 Å². The molecule has 23 heavy (non-hydrogen) atoms. The first-order valence-corrected chi connectivity index (χ1v) is 7.07. The van der Waals surface area contributed by atoms with E-state index < -0.39 is 11.7 Å². The monoisotopic (exact) mass is 314 g/mol. The summed E-state index contributed by atoms with van der Waals surface area (Å²) >= 11 is 0. The van der Waals surface area contributed by atoms with Crippen molar-refractivity contribution in [2.75, 3.05) is 0 Å². The predicted molar refractivity (Wildman–Crippen MR) is 84.4 cm³/mol. The Labute approximate surface area is 131 Å². The molecule has 0 atom stereocenters. The van der Waals surface area contributed by atoms with Crippen molar-refractivity contribution in [2.45, 2.75) is 13.1 Å². The van der Waals surface area contributed by atoms with Gasteiger partial charge in [-0.2, -0.15) is 13.2 Å². The topological polar surface area (TPSA) is 17.1 Å². The van der Waals surface area contributed by atoms with E-state index in [0.29, 0.717) is 11.1 Å². The van der Waals surface area contributed by atoms with Gasteiger partial charge in [0.2, 0.25) is 0 Å². The maximum Gasteiger partial charge on any atom is 0.416 e. The van der Waals surface area contributed by atoms with E-state index in [-0.39, 0.29) is 5.78 Å². The highest BCUT2D eigenvalue weighted by Crippen LogP contribution is 2.34. The molecule has 3 aromatic carbocycles. The smallest absolute Gasteiger partial charge is 0.295 e. The summed E-state index contributed by atoms with van der Waals surface area (Å²) in [5.41, 5.74) is 1.26. The average Bonchev–Trinajstić information content (AvgIpc) is 2.53. The van der Waals surface area contributed by atoms with Gasteiger partial charge in [-0.1, -0.05) is 36.4 Å². The van der Waals surface area contributed by atoms with Crippen molar-refractivity contribution in [2.24, 2.45) is 0 Å². The Morgan fingerprint density at radius 2 is 1.57 bits per heavy atom. The zero-order valence-corrected chi connectivity index (χ0v) is 12.3. The molecule has 0 amide bonds. The van der Waals surface area contributed by atoms with Crippen LogP contribution in [0.5, 0.6) is 0 Å². The van der Waals surface area contributed by atoms with E-state index >= 15 is 0 Å². The molecular weight excluding hydrogens is 301 g/mol. The van der Waals surface area contributed by atoms with Crippen LogP contribution in [0.1, 0.15) is 22.8 Å². The van der Waals surface area contributed by atoms with Crippen LogP contribution in [0.4, 0.5) is 13.2 Å². The third kappa shape index (κ3) is 2.97. The molecule has 116 valence electrons. The minimum Gasteiger partial charge on any atom is -0.295 e. The molecule has 1 nitrogen and oxygen atoms in total. The molecule has 0 aliphatic rings.